The molecule has 8 heteroatoms. The van der Waals surface area contributed by atoms with Crippen molar-refractivity contribution in [2.45, 2.75) is 6.92 Å². The molecule has 0 N–H and O–H groups in total. The number of rotatable bonds is 6. The minimum atomic E-state index is -2.97. The Hall–Kier alpha value is -0.150. The van der Waals surface area contributed by atoms with E-state index in [1.807, 2.05) is 0 Å². The molecule has 0 bridgehead atoms. The molecule has 11 heavy (non-hydrogen) atoms. The van der Waals surface area contributed by atoms with Gasteiger partial charge in [-0.05, 0) is 6.92 Å². The lowest BCUT2D eigenvalue weighted by Gasteiger charge is -2.00. The van der Waals surface area contributed by atoms with Crippen molar-refractivity contribution in [1.82, 2.24) is 0 Å². The van der Waals surface area contributed by atoms with Crippen LogP contribution in [0.3, 0.4) is 0 Å². The van der Waals surface area contributed by atoms with E-state index in [4.69, 9.17) is 0 Å². The van der Waals surface area contributed by atoms with Gasteiger partial charge in [-0.25, -0.2) is 8.88 Å². The molecule has 0 saturated carbocycles. The predicted molar refractivity (Wildman–Crippen MR) is 37.9 cm³/mol. The van der Waals surface area contributed by atoms with Gasteiger partial charge in [-0.2, -0.15) is 0 Å². The molecule has 0 aliphatic carbocycles. The van der Waals surface area contributed by atoms with E-state index in [1.54, 1.807) is 6.92 Å². The van der Waals surface area contributed by atoms with Crippen LogP contribution in [-0.2, 0) is 27.3 Å². The van der Waals surface area contributed by atoms with Crippen LogP contribution >= 0.6 is 16.5 Å². The van der Waals surface area contributed by atoms with Gasteiger partial charge in [0.2, 0.25) is 0 Å². The third kappa shape index (κ3) is 6.26. The highest BCUT2D eigenvalue weighted by atomic mass is 31.2. The van der Waals surface area contributed by atoms with Crippen molar-refractivity contribution in [3.63, 3.8) is 0 Å². The highest BCUT2D eigenvalue weighted by Crippen LogP contribution is 2.38. The highest BCUT2D eigenvalue weighted by Gasteiger charge is 2.04. The normalized spacial score (nSPS) is 15.4. The summed E-state index contributed by atoms with van der Waals surface area (Å²) in [4.78, 5) is 9.55. The van der Waals surface area contributed by atoms with E-state index in [-0.39, 0.29) is 13.1 Å². The topological polar surface area (TPSA) is 78.9 Å². The molecule has 2 atom stereocenters. The Morgan fingerprint density at radius 1 is 1.36 bits per heavy atom. The van der Waals surface area contributed by atoms with Crippen LogP contribution in [0.15, 0.2) is 0 Å². The number of carbonyl (C=O) groups excluding carboxylic acids is 1. The molecule has 66 valence electrons. The first kappa shape index (κ1) is 10.8. The number of hydrogen-bond donors (Lipinski definition) is 0. The van der Waals surface area contributed by atoms with Crippen molar-refractivity contribution < 1.29 is 27.3 Å². The van der Waals surface area contributed by atoms with Crippen molar-refractivity contribution in [2.24, 2.45) is 0 Å². The first-order chi connectivity index (χ1) is 5.20. The van der Waals surface area contributed by atoms with E-state index in [9.17, 15) is 13.9 Å². The molecule has 0 amide bonds. The van der Waals surface area contributed by atoms with Gasteiger partial charge in [0.15, 0.2) is 0 Å². The SMILES string of the molecule is CCO[PH](=O)O[PH](=O)OC=O. The lowest BCUT2D eigenvalue weighted by Crippen LogP contribution is -1.79. The van der Waals surface area contributed by atoms with Crippen LogP contribution in [0.25, 0.3) is 0 Å². The maximum Gasteiger partial charge on any atom is 0.376 e. The molecule has 0 aromatic rings. The molecule has 2 unspecified atom stereocenters. The fraction of sp³-hybridized carbons (Fsp3) is 0.667. The van der Waals surface area contributed by atoms with Gasteiger partial charge in [0.05, 0.1) is 6.61 Å². The first-order valence-electron chi connectivity index (χ1n) is 2.69. The molecular weight excluding hydrogens is 194 g/mol. The molecule has 0 spiro atoms. The van der Waals surface area contributed by atoms with Crippen LogP contribution in [0.2, 0.25) is 0 Å². The maximum absolute atomic E-state index is 10.5. The Morgan fingerprint density at radius 2 is 2.00 bits per heavy atom. The predicted octanol–water partition coefficient (Wildman–Crippen LogP) is 0.992. The first-order valence-corrected chi connectivity index (χ1v) is 5.14. The molecule has 0 radical (unpaired) electrons. The largest absolute Gasteiger partial charge is 0.396 e. The van der Waals surface area contributed by atoms with Gasteiger partial charge in [0.1, 0.15) is 0 Å². The summed E-state index contributed by atoms with van der Waals surface area (Å²) in [6.07, 6.45) is 0. The van der Waals surface area contributed by atoms with Crippen LogP contribution in [0.1, 0.15) is 6.92 Å². The maximum atomic E-state index is 10.5. The lowest BCUT2D eigenvalue weighted by molar-refractivity contribution is -0.120. The summed E-state index contributed by atoms with van der Waals surface area (Å²) >= 11 is 0. The van der Waals surface area contributed by atoms with E-state index in [2.05, 4.69) is 13.4 Å². The van der Waals surface area contributed by atoms with Crippen LogP contribution in [0, 0.1) is 0 Å². The lowest BCUT2D eigenvalue weighted by atomic mass is 10.9. The van der Waals surface area contributed by atoms with E-state index >= 15 is 0 Å². The van der Waals surface area contributed by atoms with Crippen LogP contribution in [-0.4, -0.2) is 13.1 Å². The fourth-order valence-corrected chi connectivity index (χ4v) is 1.57. The van der Waals surface area contributed by atoms with Crippen molar-refractivity contribution in [3.05, 3.63) is 0 Å². The summed E-state index contributed by atoms with van der Waals surface area (Å²) in [5.41, 5.74) is 0. The highest BCUT2D eigenvalue weighted by molar-refractivity contribution is 7.47. The Bertz CT molecular complexity index is 167. The zero-order valence-electron chi connectivity index (χ0n) is 5.73. The summed E-state index contributed by atoms with van der Waals surface area (Å²) in [6.45, 7) is 1.75. The molecule has 0 aliphatic heterocycles. The molecule has 0 saturated heterocycles. The van der Waals surface area contributed by atoms with E-state index in [0.717, 1.165) is 0 Å². The van der Waals surface area contributed by atoms with Crippen molar-refractivity contribution in [3.8, 4) is 0 Å². The molecule has 0 aliphatic rings. The standard InChI is InChI=1S/C3H8O6P2/c1-2-7-10(5)9-11(6)8-3-4/h3,10-11H,2H2,1H3. The van der Waals surface area contributed by atoms with Gasteiger partial charge in [0, 0.05) is 0 Å². The fourth-order valence-electron chi connectivity index (χ4n) is 0.279. The zero-order valence-corrected chi connectivity index (χ0v) is 7.73. The summed E-state index contributed by atoms with van der Waals surface area (Å²) in [6, 6.07) is 0. The molecule has 0 fully saturated rings. The summed E-state index contributed by atoms with van der Waals surface area (Å²) in [5, 5.41) is 0. The molecule has 0 heterocycles. The zero-order chi connectivity index (χ0) is 8.69. The second-order valence-corrected chi connectivity index (χ2v) is 3.59. The van der Waals surface area contributed by atoms with Gasteiger partial charge in [0.25, 0.3) is 6.47 Å². The quantitative estimate of drug-likeness (QED) is 0.472. The third-order valence-electron chi connectivity index (χ3n) is 0.573. The summed E-state index contributed by atoms with van der Waals surface area (Å²) in [7, 11) is -5.73. The molecule has 6 nitrogen and oxygen atoms in total. The van der Waals surface area contributed by atoms with E-state index in [1.165, 1.54) is 0 Å². The van der Waals surface area contributed by atoms with Crippen LogP contribution in [0.4, 0.5) is 0 Å². The summed E-state index contributed by atoms with van der Waals surface area (Å²) in [5.74, 6) is 0. The van der Waals surface area contributed by atoms with Crippen molar-refractivity contribution >= 4 is 23.0 Å². The Balaban J connectivity index is 3.57. The number of hydrogen-bond acceptors (Lipinski definition) is 6. The monoisotopic (exact) mass is 202 g/mol. The van der Waals surface area contributed by atoms with Gasteiger partial charge >= 0.3 is 16.5 Å². The Labute approximate surface area is 64.7 Å². The molecule has 0 rings (SSSR count). The van der Waals surface area contributed by atoms with Gasteiger partial charge < -0.3 is 9.05 Å². The smallest absolute Gasteiger partial charge is 0.376 e. The minimum Gasteiger partial charge on any atom is -0.396 e. The molecule has 0 aromatic carbocycles. The van der Waals surface area contributed by atoms with Gasteiger partial charge in [-0.1, -0.05) is 0 Å². The third-order valence-corrected chi connectivity index (χ3v) is 2.72. The number of carbonyl (C=O) groups is 1. The summed E-state index contributed by atoms with van der Waals surface area (Å²) < 4.78 is 33.3. The van der Waals surface area contributed by atoms with Gasteiger partial charge in [-0.15, -0.1) is 0 Å². The average molecular weight is 202 g/mol. The molecular formula is C3H8O6P2. The van der Waals surface area contributed by atoms with Crippen LogP contribution in [0.5, 0.6) is 0 Å². The second-order valence-electron chi connectivity index (χ2n) is 1.25. The second kappa shape index (κ2) is 6.55. The Kier molecular flexibility index (Phi) is 6.46. The average Bonchev–Trinajstić information content (AvgIpc) is 1.87. The molecule has 0 aromatic heterocycles. The van der Waals surface area contributed by atoms with E-state index < -0.39 is 16.5 Å². The van der Waals surface area contributed by atoms with Gasteiger partial charge in [-0.3, -0.25) is 9.36 Å². The Morgan fingerprint density at radius 3 is 2.45 bits per heavy atom. The van der Waals surface area contributed by atoms with Crippen molar-refractivity contribution in [1.29, 1.82) is 0 Å². The van der Waals surface area contributed by atoms with Crippen LogP contribution < -0.4 is 0 Å². The minimum absolute atomic E-state index is 0.0393. The van der Waals surface area contributed by atoms with Crippen molar-refractivity contribution in [2.75, 3.05) is 6.61 Å². The van der Waals surface area contributed by atoms with E-state index in [0.29, 0.717) is 0 Å².